The topological polar surface area (TPSA) is 70.7 Å². The molecule has 3 amide bonds. The fourth-order valence-electron chi connectivity index (χ4n) is 2.32. The van der Waals surface area contributed by atoms with Crippen molar-refractivity contribution in [1.82, 2.24) is 10.2 Å². The van der Waals surface area contributed by atoms with Gasteiger partial charge in [0.05, 0.1) is 17.2 Å². The normalized spacial score (nSPS) is 10.2. The van der Waals surface area contributed by atoms with Gasteiger partial charge in [-0.2, -0.15) is 0 Å². The first-order valence-corrected chi connectivity index (χ1v) is 9.01. The van der Waals surface area contributed by atoms with Crippen molar-refractivity contribution in [2.75, 3.05) is 26.0 Å². The summed E-state index contributed by atoms with van der Waals surface area (Å²) in [6, 6.07) is 11.8. The van der Waals surface area contributed by atoms with Crippen LogP contribution in [0.1, 0.15) is 12.0 Å². The molecule has 0 radical (unpaired) electrons. The average Bonchev–Trinajstić information content (AvgIpc) is 2.65. The van der Waals surface area contributed by atoms with Crippen LogP contribution in [0.5, 0.6) is 5.75 Å². The van der Waals surface area contributed by atoms with Gasteiger partial charge in [-0.05, 0) is 42.0 Å². The number of urea groups is 1. The molecule has 0 saturated carbocycles. The maximum atomic E-state index is 12.2. The molecule has 0 aliphatic rings. The summed E-state index contributed by atoms with van der Waals surface area (Å²) in [6.45, 7) is 0.639. The van der Waals surface area contributed by atoms with E-state index in [9.17, 15) is 9.59 Å². The third kappa shape index (κ3) is 6.66. The lowest BCUT2D eigenvalue weighted by Gasteiger charge is -2.18. The van der Waals surface area contributed by atoms with E-state index in [1.54, 1.807) is 55.5 Å². The van der Waals surface area contributed by atoms with Crippen molar-refractivity contribution in [1.29, 1.82) is 0 Å². The number of anilines is 1. The molecule has 2 rings (SSSR count). The quantitative estimate of drug-likeness (QED) is 0.720. The standard InChI is InChI=1S/C19H21Cl2N3O3/c1-24(12-13-3-8-16(20)17(21)11-13)18(25)9-10-22-19(26)23-14-4-6-15(27-2)7-5-14/h3-8,11H,9-10,12H2,1-2H3,(H2,22,23,26). The zero-order valence-corrected chi connectivity index (χ0v) is 16.6. The molecule has 0 aromatic heterocycles. The second-order valence-electron chi connectivity index (χ2n) is 5.86. The molecule has 144 valence electrons. The second kappa shape index (κ2) is 10.0. The minimum absolute atomic E-state index is 0.0918. The van der Waals surface area contributed by atoms with Gasteiger partial charge in [0.2, 0.25) is 5.91 Å². The Balaban J connectivity index is 1.73. The van der Waals surface area contributed by atoms with Gasteiger partial charge in [0, 0.05) is 32.2 Å². The molecular formula is C19H21Cl2N3O3. The fraction of sp³-hybridized carbons (Fsp3) is 0.263. The highest BCUT2D eigenvalue weighted by Crippen LogP contribution is 2.23. The summed E-state index contributed by atoms with van der Waals surface area (Å²) in [7, 11) is 3.27. The third-order valence-corrected chi connectivity index (χ3v) is 4.54. The van der Waals surface area contributed by atoms with Crippen LogP contribution in [0.25, 0.3) is 0 Å². The Hall–Kier alpha value is -2.44. The van der Waals surface area contributed by atoms with Crippen LogP contribution in [0.4, 0.5) is 10.5 Å². The lowest BCUT2D eigenvalue weighted by Crippen LogP contribution is -2.34. The van der Waals surface area contributed by atoms with Crippen LogP contribution in [0.2, 0.25) is 10.0 Å². The Morgan fingerprint density at radius 1 is 1.07 bits per heavy atom. The Morgan fingerprint density at radius 3 is 2.41 bits per heavy atom. The van der Waals surface area contributed by atoms with Crippen molar-refractivity contribution in [2.24, 2.45) is 0 Å². The number of methoxy groups -OCH3 is 1. The van der Waals surface area contributed by atoms with Crippen LogP contribution >= 0.6 is 23.2 Å². The van der Waals surface area contributed by atoms with Gasteiger partial charge < -0.3 is 20.3 Å². The summed E-state index contributed by atoms with van der Waals surface area (Å²) in [5.74, 6) is 0.613. The number of nitrogens with one attached hydrogen (secondary N) is 2. The Morgan fingerprint density at radius 2 is 1.78 bits per heavy atom. The first kappa shape index (κ1) is 20.9. The van der Waals surface area contributed by atoms with Crippen molar-refractivity contribution in [3.8, 4) is 5.75 Å². The number of halogens is 2. The monoisotopic (exact) mass is 409 g/mol. The molecule has 2 N–H and O–H groups in total. The summed E-state index contributed by atoms with van der Waals surface area (Å²) in [4.78, 5) is 25.6. The summed E-state index contributed by atoms with van der Waals surface area (Å²) < 4.78 is 5.06. The molecule has 0 aliphatic carbocycles. The van der Waals surface area contributed by atoms with Gasteiger partial charge in [0.1, 0.15) is 5.75 Å². The highest BCUT2D eigenvalue weighted by atomic mass is 35.5. The molecule has 0 aliphatic heterocycles. The first-order chi connectivity index (χ1) is 12.9. The van der Waals surface area contributed by atoms with Gasteiger partial charge in [-0.25, -0.2) is 4.79 Å². The summed E-state index contributed by atoms with van der Waals surface area (Å²) in [5.41, 5.74) is 1.52. The number of nitrogens with zero attached hydrogens (tertiary/aromatic N) is 1. The fourth-order valence-corrected chi connectivity index (χ4v) is 2.64. The third-order valence-electron chi connectivity index (χ3n) is 3.80. The molecule has 0 heterocycles. The van der Waals surface area contributed by atoms with E-state index < -0.39 is 0 Å². The molecule has 8 heteroatoms. The van der Waals surface area contributed by atoms with E-state index in [1.165, 1.54) is 0 Å². The lowest BCUT2D eigenvalue weighted by atomic mass is 10.2. The molecule has 27 heavy (non-hydrogen) atoms. The second-order valence-corrected chi connectivity index (χ2v) is 6.67. The molecule has 0 saturated heterocycles. The molecule has 0 spiro atoms. The van der Waals surface area contributed by atoms with Gasteiger partial charge in [0.25, 0.3) is 0 Å². The molecule has 0 atom stereocenters. The van der Waals surface area contributed by atoms with Crippen molar-refractivity contribution < 1.29 is 14.3 Å². The first-order valence-electron chi connectivity index (χ1n) is 8.26. The van der Waals surface area contributed by atoms with E-state index in [1.807, 2.05) is 6.07 Å². The number of carbonyl (C=O) groups is 2. The Labute approximate surface area is 168 Å². The van der Waals surface area contributed by atoms with Crippen LogP contribution in [-0.4, -0.2) is 37.5 Å². The van der Waals surface area contributed by atoms with Crippen LogP contribution in [0.3, 0.4) is 0 Å². The number of rotatable bonds is 7. The van der Waals surface area contributed by atoms with E-state index in [0.29, 0.717) is 28.0 Å². The SMILES string of the molecule is COc1ccc(NC(=O)NCCC(=O)N(C)Cc2ccc(Cl)c(Cl)c2)cc1. The summed E-state index contributed by atoms with van der Waals surface area (Å²) >= 11 is 11.9. The van der Waals surface area contributed by atoms with Gasteiger partial charge >= 0.3 is 6.03 Å². The zero-order valence-electron chi connectivity index (χ0n) is 15.1. The average molecular weight is 410 g/mol. The maximum absolute atomic E-state index is 12.2. The van der Waals surface area contributed by atoms with Gasteiger partial charge in [0.15, 0.2) is 0 Å². The molecule has 2 aromatic carbocycles. The Kier molecular flexibility index (Phi) is 7.76. The largest absolute Gasteiger partial charge is 0.497 e. The molecule has 0 unspecified atom stereocenters. The number of ether oxygens (including phenoxy) is 1. The number of carbonyl (C=O) groups excluding carboxylic acids is 2. The van der Waals surface area contributed by atoms with Crippen LogP contribution in [0, 0.1) is 0 Å². The predicted molar refractivity (Wildman–Crippen MR) is 108 cm³/mol. The highest BCUT2D eigenvalue weighted by molar-refractivity contribution is 6.42. The van der Waals surface area contributed by atoms with Crippen molar-refractivity contribution in [3.05, 3.63) is 58.1 Å². The minimum Gasteiger partial charge on any atom is -0.497 e. The Bertz CT molecular complexity index is 797. The van der Waals surface area contributed by atoms with Gasteiger partial charge in [-0.1, -0.05) is 29.3 Å². The van der Waals surface area contributed by atoms with E-state index >= 15 is 0 Å². The van der Waals surface area contributed by atoms with Gasteiger partial charge in [-0.15, -0.1) is 0 Å². The van der Waals surface area contributed by atoms with Crippen molar-refractivity contribution in [3.63, 3.8) is 0 Å². The molecule has 2 aromatic rings. The van der Waals surface area contributed by atoms with Crippen molar-refractivity contribution in [2.45, 2.75) is 13.0 Å². The van der Waals surface area contributed by atoms with Crippen molar-refractivity contribution >= 4 is 40.8 Å². The maximum Gasteiger partial charge on any atom is 0.319 e. The molecular weight excluding hydrogens is 389 g/mol. The number of benzene rings is 2. The number of hydrogen-bond acceptors (Lipinski definition) is 3. The van der Waals surface area contributed by atoms with E-state index in [2.05, 4.69) is 10.6 Å². The van der Waals surface area contributed by atoms with Crippen LogP contribution in [0.15, 0.2) is 42.5 Å². The molecule has 0 fully saturated rings. The zero-order chi connectivity index (χ0) is 19.8. The van der Waals surface area contributed by atoms with Gasteiger partial charge in [-0.3, -0.25) is 4.79 Å². The summed E-state index contributed by atoms with van der Waals surface area (Å²) in [6.07, 6.45) is 0.188. The van der Waals surface area contributed by atoms with Crippen LogP contribution in [-0.2, 0) is 11.3 Å². The molecule has 0 bridgehead atoms. The minimum atomic E-state index is -0.375. The van der Waals surface area contributed by atoms with E-state index in [-0.39, 0.29) is 24.9 Å². The smallest absolute Gasteiger partial charge is 0.319 e. The van der Waals surface area contributed by atoms with Crippen LogP contribution < -0.4 is 15.4 Å². The number of hydrogen-bond donors (Lipinski definition) is 2. The van der Waals surface area contributed by atoms with E-state index in [0.717, 1.165) is 5.56 Å². The highest BCUT2D eigenvalue weighted by Gasteiger charge is 2.11. The lowest BCUT2D eigenvalue weighted by molar-refractivity contribution is -0.130. The summed E-state index contributed by atoms with van der Waals surface area (Å²) in [5, 5.41) is 6.27. The molecule has 6 nitrogen and oxygen atoms in total. The van der Waals surface area contributed by atoms with E-state index in [4.69, 9.17) is 27.9 Å². The number of amides is 3. The predicted octanol–water partition coefficient (Wildman–Crippen LogP) is 4.17.